The summed E-state index contributed by atoms with van der Waals surface area (Å²) in [4.78, 5) is 41.4. The molecule has 1 amide bonds. The third kappa shape index (κ3) is 4.51. The number of aromatic amines is 1. The second-order valence-electron chi connectivity index (χ2n) is 6.71. The highest BCUT2D eigenvalue weighted by atomic mass is 16.5. The van der Waals surface area contributed by atoms with Crippen LogP contribution in [0.25, 0.3) is 10.9 Å². The Morgan fingerprint density at radius 1 is 1.14 bits per heavy atom. The van der Waals surface area contributed by atoms with Gasteiger partial charge in [-0.1, -0.05) is 0 Å². The Morgan fingerprint density at radius 2 is 1.79 bits per heavy atom. The lowest BCUT2D eigenvalue weighted by Gasteiger charge is -2.25. The van der Waals surface area contributed by atoms with Crippen LogP contribution in [0.3, 0.4) is 0 Å². The van der Waals surface area contributed by atoms with Crippen molar-refractivity contribution in [3.05, 3.63) is 17.8 Å². The van der Waals surface area contributed by atoms with Gasteiger partial charge in [-0.25, -0.2) is 4.79 Å². The largest absolute Gasteiger partial charge is 0.493 e. The van der Waals surface area contributed by atoms with E-state index >= 15 is 0 Å². The second kappa shape index (κ2) is 8.95. The number of ketones is 1. The monoisotopic (exact) mass is 403 g/mol. The number of hydrogen-bond donors (Lipinski definition) is 2. The minimum absolute atomic E-state index is 0.134. The summed E-state index contributed by atoms with van der Waals surface area (Å²) in [6, 6.07) is 3.39. The summed E-state index contributed by atoms with van der Waals surface area (Å²) in [5.41, 5.74) is 1.08. The highest BCUT2D eigenvalue weighted by Gasteiger charge is 2.24. The fourth-order valence-electron chi connectivity index (χ4n) is 3.35. The number of methoxy groups -OCH3 is 2. The van der Waals surface area contributed by atoms with Crippen molar-refractivity contribution in [3.63, 3.8) is 0 Å². The Balaban J connectivity index is 1.92. The van der Waals surface area contributed by atoms with Gasteiger partial charge in [0, 0.05) is 37.4 Å². The van der Waals surface area contributed by atoms with Crippen LogP contribution in [0.1, 0.15) is 30.3 Å². The molecule has 1 fully saturated rings. The molecular formula is C20H25N3O6. The number of carbonyl (C=O) groups excluding carboxylic acids is 3. The van der Waals surface area contributed by atoms with Crippen LogP contribution in [0.5, 0.6) is 11.5 Å². The van der Waals surface area contributed by atoms with Gasteiger partial charge in [0.2, 0.25) is 5.91 Å². The number of rotatable bonds is 7. The molecule has 1 aliphatic heterocycles. The number of hydrogen-bond acceptors (Lipinski definition) is 7. The third-order valence-electron chi connectivity index (χ3n) is 4.83. The predicted molar refractivity (Wildman–Crippen MR) is 107 cm³/mol. The highest BCUT2D eigenvalue weighted by molar-refractivity contribution is 6.11. The van der Waals surface area contributed by atoms with E-state index in [4.69, 9.17) is 14.2 Å². The molecule has 0 spiro atoms. The summed E-state index contributed by atoms with van der Waals surface area (Å²) in [6.45, 7) is 3.15. The lowest BCUT2D eigenvalue weighted by atomic mass is 10.1. The number of ether oxygens (including phenoxy) is 3. The summed E-state index contributed by atoms with van der Waals surface area (Å²) in [5, 5.41) is 3.43. The molecule has 2 heterocycles. The molecule has 156 valence electrons. The van der Waals surface area contributed by atoms with E-state index in [1.807, 2.05) is 4.90 Å². The Morgan fingerprint density at radius 3 is 2.41 bits per heavy atom. The molecule has 1 aromatic carbocycles. The Labute approximate surface area is 168 Å². The number of carbonyl (C=O) groups is 3. The van der Waals surface area contributed by atoms with E-state index in [-0.39, 0.29) is 30.5 Å². The zero-order valence-electron chi connectivity index (χ0n) is 16.8. The number of aromatic nitrogens is 1. The normalized spacial score (nSPS) is 14.7. The maximum Gasteiger partial charge on any atom is 0.356 e. The molecule has 2 N–H and O–H groups in total. The lowest BCUT2D eigenvalue weighted by molar-refractivity contribution is -0.124. The van der Waals surface area contributed by atoms with Crippen LogP contribution < -0.4 is 14.8 Å². The molecule has 2 aromatic rings. The first-order valence-corrected chi connectivity index (χ1v) is 9.45. The first kappa shape index (κ1) is 20.7. The topological polar surface area (TPSA) is 110 Å². The number of piperidine rings is 1. The van der Waals surface area contributed by atoms with Crippen LogP contribution in [0, 0.1) is 0 Å². The number of nitrogens with zero attached hydrogens (tertiary/aromatic N) is 1. The van der Waals surface area contributed by atoms with E-state index < -0.39 is 5.97 Å². The summed E-state index contributed by atoms with van der Waals surface area (Å²) in [7, 11) is 3.03. The van der Waals surface area contributed by atoms with Crippen molar-refractivity contribution in [1.82, 2.24) is 9.88 Å². The SMILES string of the molecule is CCOC(=O)c1[nH]c2cc(OC)c(OC)cc2c1NC(=O)CN1CCC(=O)CC1. The number of nitrogens with one attached hydrogen (secondary N) is 2. The minimum atomic E-state index is -0.569. The zero-order valence-corrected chi connectivity index (χ0v) is 16.8. The third-order valence-corrected chi connectivity index (χ3v) is 4.83. The van der Waals surface area contributed by atoms with Crippen LogP contribution >= 0.6 is 0 Å². The fraction of sp³-hybridized carbons (Fsp3) is 0.450. The number of benzene rings is 1. The van der Waals surface area contributed by atoms with Crippen LogP contribution in [-0.4, -0.2) is 68.0 Å². The van der Waals surface area contributed by atoms with Crippen molar-refractivity contribution in [2.24, 2.45) is 0 Å². The van der Waals surface area contributed by atoms with Gasteiger partial charge in [-0.15, -0.1) is 0 Å². The molecule has 1 aliphatic rings. The number of amides is 1. The molecule has 3 rings (SSSR count). The quantitative estimate of drug-likeness (QED) is 0.680. The molecule has 0 aliphatic carbocycles. The van der Waals surface area contributed by atoms with Gasteiger partial charge in [0.15, 0.2) is 11.5 Å². The summed E-state index contributed by atoms with van der Waals surface area (Å²) < 4.78 is 15.8. The van der Waals surface area contributed by atoms with E-state index in [2.05, 4.69) is 10.3 Å². The van der Waals surface area contributed by atoms with Crippen LogP contribution in [-0.2, 0) is 14.3 Å². The lowest BCUT2D eigenvalue weighted by Crippen LogP contribution is -2.39. The summed E-state index contributed by atoms with van der Waals surface area (Å²) >= 11 is 0. The van der Waals surface area contributed by atoms with Crippen molar-refractivity contribution in [3.8, 4) is 11.5 Å². The van der Waals surface area contributed by atoms with Gasteiger partial charge in [0.1, 0.15) is 11.5 Å². The second-order valence-corrected chi connectivity index (χ2v) is 6.71. The van der Waals surface area contributed by atoms with Gasteiger partial charge in [-0.3, -0.25) is 14.5 Å². The first-order chi connectivity index (χ1) is 14.0. The van der Waals surface area contributed by atoms with Gasteiger partial charge >= 0.3 is 5.97 Å². The van der Waals surface area contributed by atoms with Gasteiger partial charge in [-0.05, 0) is 13.0 Å². The molecule has 29 heavy (non-hydrogen) atoms. The molecule has 0 bridgehead atoms. The van der Waals surface area contributed by atoms with Crippen molar-refractivity contribution in [2.45, 2.75) is 19.8 Å². The molecule has 0 unspecified atom stereocenters. The number of esters is 1. The Bertz CT molecular complexity index is 926. The van der Waals surface area contributed by atoms with Crippen molar-refractivity contribution in [2.75, 3.05) is 45.8 Å². The van der Waals surface area contributed by atoms with E-state index in [0.717, 1.165) is 0 Å². The van der Waals surface area contributed by atoms with Gasteiger partial charge < -0.3 is 24.5 Å². The minimum Gasteiger partial charge on any atom is -0.493 e. The number of Topliss-reactive ketones (excluding diaryl/α,β-unsaturated/α-hetero) is 1. The summed E-state index contributed by atoms with van der Waals surface area (Å²) in [5.74, 6) is 0.331. The molecule has 0 saturated carbocycles. The number of fused-ring (bicyclic) bond motifs is 1. The molecule has 0 atom stereocenters. The fourth-order valence-corrected chi connectivity index (χ4v) is 3.35. The van der Waals surface area contributed by atoms with Crippen molar-refractivity contribution >= 4 is 34.3 Å². The van der Waals surface area contributed by atoms with Gasteiger partial charge in [0.25, 0.3) is 0 Å². The molecule has 1 aromatic heterocycles. The van der Waals surface area contributed by atoms with E-state index in [0.29, 0.717) is 54.0 Å². The van der Waals surface area contributed by atoms with Gasteiger partial charge in [0.05, 0.1) is 38.6 Å². The smallest absolute Gasteiger partial charge is 0.356 e. The number of likely N-dealkylation sites (tertiary alicyclic amines) is 1. The molecule has 9 heteroatoms. The molecular weight excluding hydrogens is 378 g/mol. The van der Waals surface area contributed by atoms with Gasteiger partial charge in [-0.2, -0.15) is 0 Å². The van der Waals surface area contributed by atoms with Crippen LogP contribution in [0.4, 0.5) is 5.69 Å². The zero-order chi connectivity index (χ0) is 21.0. The van der Waals surface area contributed by atoms with Crippen LogP contribution in [0.2, 0.25) is 0 Å². The maximum atomic E-state index is 12.7. The van der Waals surface area contributed by atoms with E-state index in [1.54, 1.807) is 19.1 Å². The predicted octanol–water partition coefficient (Wildman–Crippen LogP) is 1.97. The van der Waals surface area contributed by atoms with E-state index in [1.165, 1.54) is 14.2 Å². The standard InChI is InChI=1S/C20H25N3O6/c1-4-29-20(26)19-18(22-17(25)11-23-7-5-12(24)6-8-23)13-9-15(27-2)16(28-3)10-14(13)21-19/h9-10,21H,4-8,11H2,1-3H3,(H,22,25). The van der Waals surface area contributed by atoms with Crippen molar-refractivity contribution in [1.29, 1.82) is 0 Å². The Hall–Kier alpha value is -3.07. The molecule has 1 saturated heterocycles. The number of anilines is 1. The highest BCUT2D eigenvalue weighted by Crippen LogP contribution is 2.37. The average Bonchev–Trinajstić information content (AvgIpc) is 3.06. The first-order valence-electron chi connectivity index (χ1n) is 9.45. The number of H-pyrrole nitrogens is 1. The van der Waals surface area contributed by atoms with Crippen molar-refractivity contribution < 1.29 is 28.6 Å². The van der Waals surface area contributed by atoms with Crippen LogP contribution in [0.15, 0.2) is 12.1 Å². The average molecular weight is 403 g/mol. The molecule has 9 nitrogen and oxygen atoms in total. The van der Waals surface area contributed by atoms with E-state index in [9.17, 15) is 14.4 Å². The summed E-state index contributed by atoms with van der Waals surface area (Å²) in [6.07, 6.45) is 0.900. The molecule has 0 radical (unpaired) electrons. The maximum absolute atomic E-state index is 12.7. The Kier molecular flexibility index (Phi) is 6.38.